The van der Waals surface area contributed by atoms with E-state index in [4.69, 9.17) is 10.5 Å². The fourth-order valence-corrected chi connectivity index (χ4v) is 4.14. The summed E-state index contributed by atoms with van der Waals surface area (Å²) in [6, 6.07) is 7.33. The lowest BCUT2D eigenvalue weighted by Gasteiger charge is -2.29. The maximum Gasteiger partial charge on any atom is 0.251 e. The SMILES string of the molecule is Cc1nc2c(C(N)=O)cc(N3CCOCC3)cc2n1-c1ccnc2c(F)ccc(F)c12. The van der Waals surface area contributed by atoms with Crippen LogP contribution in [0.3, 0.4) is 0 Å². The number of pyridine rings is 1. The van der Waals surface area contributed by atoms with Gasteiger partial charge >= 0.3 is 0 Å². The first-order chi connectivity index (χ1) is 15.0. The first-order valence-electron chi connectivity index (χ1n) is 9.84. The van der Waals surface area contributed by atoms with Crippen molar-refractivity contribution in [2.75, 3.05) is 31.2 Å². The van der Waals surface area contributed by atoms with Gasteiger partial charge < -0.3 is 15.4 Å². The van der Waals surface area contributed by atoms with E-state index >= 15 is 0 Å². The summed E-state index contributed by atoms with van der Waals surface area (Å²) < 4.78 is 36.3. The number of amides is 1. The van der Waals surface area contributed by atoms with E-state index in [2.05, 4.69) is 14.9 Å². The highest BCUT2D eigenvalue weighted by Gasteiger charge is 2.22. The molecular formula is C22H19F2N5O2. The van der Waals surface area contributed by atoms with Crippen LogP contribution in [0.5, 0.6) is 0 Å². The molecule has 2 N–H and O–H groups in total. The highest BCUT2D eigenvalue weighted by atomic mass is 19.1. The van der Waals surface area contributed by atoms with E-state index in [9.17, 15) is 13.6 Å². The van der Waals surface area contributed by atoms with Crippen LogP contribution in [-0.2, 0) is 4.74 Å². The van der Waals surface area contributed by atoms with Crippen LogP contribution in [0.2, 0.25) is 0 Å². The molecule has 0 radical (unpaired) electrons. The molecule has 0 spiro atoms. The summed E-state index contributed by atoms with van der Waals surface area (Å²) in [4.78, 5) is 22.9. The van der Waals surface area contributed by atoms with Gasteiger partial charge in [-0.3, -0.25) is 14.3 Å². The Labute approximate surface area is 176 Å². The van der Waals surface area contributed by atoms with E-state index in [1.165, 1.54) is 6.20 Å². The monoisotopic (exact) mass is 423 g/mol. The number of carbonyl (C=O) groups is 1. The number of morpholine rings is 1. The lowest BCUT2D eigenvalue weighted by atomic mass is 10.1. The molecule has 1 fully saturated rings. The molecule has 9 heteroatoms. The average Bonchev–Trinajstić information content (AvgIpc) is 3.11. The third-order valence-electron chi connectivity index (χ3n) is 5.57. The second kappa shape index (κ2) is 7.28. The number of nitrogens with two attached hydrogens (primary N) is 1. The minimum absolute atomic E-state index is 0.0438. The van der Waals surface area contributed by atoms with Gasteiger partial charge in [-0.2, -0.15) is 0 Å². The molecule has 0 saturated carbocycles. The molecule has 1 saturated heterocycles. The fraction of sp³-hybridized carbons (Fsp3) is 0.227. The third-order valence-corrected chi connectivity index (χ3v) is 5.57. The van der Waals surface area contributed by atoms with E-state index in [1.807, 2.05) is 6.07 Å². The molecule has 2 aromatic heterocycles. The van der Waals surface area contributed by atoms with Crippen LogP contribution in [0, 0.1) is 18.6 Å². The molecule has 7 nitrogen and oxygen atoms in total. The van der Waals surface area contributed by atoms with Crippen LogP contribution in [0.15, 0.2) is 36.5 Å². The number of aromatic nitrogens is 3. The lowest BCUT2D eigenvalue weighted by Crippen LogP contribution is -2.36. The van der Waals surface area contributed by atoms with Crippen molar-refractivity contribution >= 4 is 33.5 Å². The van der Waals surface area contributed by atoms with Gasteiger partial charge in [-0.05, 0) is 37.3 Å². The number of hydrogen-bond donors (Lipinski definition) is 1. The smallest absolute Gasteiger partial charge is 0.251 e. The summed E-state index contributed by atoms with van der Waals surface area (Å²) in [5.74, 6) is -1.32. The average molecular weight is 423 g/mol. The van der Waals surface area contributed by atoms with Gasteiger partial charge in [-0.15, -0.1) is 0 Å². The number of ether oxygens (including phenoxy) is 1. The standard InChI is InChI=1S/C22H19F2N5O2/c1-12-27-20-14(22(25)30)10-13(28-6-8-31-9-7-28)11-18(20)29(12)17-4-5-26-21-16(24)3-2-15(23)19(17)21/h2-5,10-11H,6-9H2,1H3,(H2,25,30). The van der Waals surface area contributed by atoms with Gasteiger partial charge in [0.15, 0.2) is 0 Å². The van der Waals surface area contributed by atoms with Crippen molar-refractivity contribution < 1.29 is 18.3 Å². The summed E-state index contributed by atoms with van der Waals surface area (Å²) in [5, 5.41) is 0.0438. The lowest BCUT2D eigenvalue weighted by molar-refractivity contribution is 0.100. The van der Waals surface area contributed by atoms with Crippen molar-refractivity contribution in [3.63, 3.8) is 0 Å². The second-order valence-corrected chi connectivity index (χ2v) is 7.40. The summed E-state index contributed by atoms with van der Waals surface area (Å²) in [6.45, 7) is 4.20. The first-order valence-corrected chi connectivity index (χ1v) is 9.84. The summed E-state index contributed by atoms with van der Waals surface area (Å²) in [7, 11) is 0. The maximum absolute atomic E-state index is 14.8. The molecule has 2 aromatic carbocycles. The quantitative estimate of drug-likeness (QED) is 0.547. The van der Waals surface area contributed by atoms with E-state index in [0.717, 1.165) is 17.8 Å². The van der Waals surface area contributed by atoms with Gasteiger partial charge in [0.05, 0.1) is 35.4 Å². The Hall–Kier alpha value is -3.59. The number of carbonyl (C=O) groups excluding carboxylic acids is 1. The molecular weight excluding hydrogens is 404 g/mol. The highest BCUT2D eigenvalue weighted by Crippen LogP contribution is 2.33. The topological polar surface area (TPSA) is 86.3 Å². The van der Waals surface area contributed by atoms with Gasteiger partial charge in [0.2, 0.25) is 0 Å². The third kappa shape index (κ3) is 3.09. The van der Waals surface area contributed by atoms with E-state index in [-0.39, 0.29) is 16.5 Å². The Morgan fingerprint density at radius 3 is 2.58 bits per heavy atom. The van der Waals surface area contributed by atoms with Crippen LogP contribution >= 0.6 is 0 Å². The number of hydrogen-bond acceptors (Lipinski definition) is 5. The van der Waals surface area contributed by atoms with Gasteiger partial charge in [-0.25, -0.2) is 13.8 Å². The molecule has 0 aliphatic carbocycles. The van der Waals surface area contributed by atoms with Gasteiger partial charge in [0.1, 0.15) is 28.5 Å². The Bertz CT molecular complexity index is 1350. The summed E-state index contributed by atoms with van der Waals surface area (Å²) in [5.41, 5.74) is 8.01. The van der Waals surface area contributed by atoms with Crippen molar-refractivity contribution in [1.29, 1.82) is 0 Å². The van der Waals surface area contributed by atoms with Crippen molar-refractivity contribution in [1.82, 2.24) is 14.5 Å². The number of rotatable bonds is 3. The van der Waals surface area contributed by atoms with Crippen molar-refractivity contribution in [2.45, 2.75) is 6.92 Å². The number of anilines is 1. The molecule has 4 aromatic rings. The number of imidazole rings is 1. The number of nitrogens with zero attached hydrogens (tertiary/aromatic N) is 4. The molecule has 1 aliphatic rings. The van der Waals surface area contributed by atoms with Crippen molar-refractivity contribution in [3.8, 4) is 5.69 Å². The minimum Gasteiger partial charge on any atom is -0.378 e. The highest BCUT2D eigenvalue weighted by molar-refractivity contribution is 6.06. The number of primary amides is 1. The largest absolute Gasteiger partial charge is 0.378 e. The predicted octanol–water partition coefficient (Wildman–Crippen LogP) is 3.10. The van der Waals surface area contributed by atoms with Gasteiger partial charge in [-0.1, -0.05) is 0 Å². The summed E-state index contributed by atoms with van der Waals surface area (Å²) in [6.07, 6.45) is 1.42. The minimum atomic E-state index is -0.618. The van der Waals surface area contributed by atoms with Gasteiger partial charge in [0.25, 0.3) is 5.91 Å². The molecule has 1 aliphatic heterocycles. The van der Waals surface area contributed by atoms with Crippen LogP contribution in [0.4, 0.5) is 14.5 Å². The fourth-order valence-electron chi connectivity index (χ4n) is 4.14. The molecule has 1 amide bonds. The Morgan fingerprint density at radius 2 is 1.84 bits per heavy atom. The number of aryl methyl sites for hydroxylation is 1. The zero-order valence-corrected chi connectivity index (χ0v) is 16.7. The zero-order chi connectivity index (χ0) is 21.7. The van der Waals surface area contributed by atoms with Crippen LogP contribution in [-0.4, -0.2) is 46.7 Å². The first kappa shape index (κ1) is 19.4. The number of halogens is 2. The van der Waals surface area contributed by atoms with Crippen LogP contribution in [0.1, 0.15) is 16.2 Å². The Morgan fingerprint density at radius 1 is 1.10 bits per heavy atom. The predicted molar refractivity (Wildman–Crippen MR) is 113 cm³/mol. The maximum atomic E-state index is 14.8. The molecule has 5 rings (SSSR count). The van der Waals surface area contributed by atoms with Crippen molar-refractivity contribution in [2.24, 2.45) is 5.73 Å². The second-order valence-electron chi connectivity index (χ2n) is 7.40. The van der Waals surface area contributed by atoms with E-state index in [0.29, 0.717) is 48.8 Å². The molecule has 0 unspecified atom stereocenters. The van der Waals surface area contributed by atoms with E-state index < -0.39 is 17.5 Å². The van der Waals surface area contributed by atoms with Crippen LogP contribution in [0.25, 0.3) is 27.6 Å². The van der Waals surface area contributed by atoms with E-state index in [1.54, 1.807) is 23.6 Å². The number of benzene rings is 2. The molecule has 158 valence electrons. The van der Waals surface area contributed by atoms with Gasteiger partial charge in [0, 0.05) is 25.0 Å². The Kier molecular flexibility index (Phi) is 4.55. The Balaban J connectivity index is 1.84. The normalized spacial score (nSPS) is 14.5. The molecule has 0 bridgehead atoms. The summed E-state index contributed by atoms with van der Waals surface area (Å²) >= 11 is 0. The molecule has 31 heavy (non-hydrogen) atoms. The number of fused-ring (bicyclic) bond motifs is 2. The van der Waals surface area contributed by atoms with Crippen LogP contribution < -0.4 is 10.6 Å². The zero-order valence-electron chi connectivity index (χ0n) is 16.7. The molecule has 3 heterocycles. The molecule has 0 atom stereocenters. The van der Waals surface area contributed by atoms with Crippen molar-refractivity contribution in [3.05, 3.63) is 59.6 Å².